The van der Waals surface area contributed by atoms with Gasteiger partial charge < -0.3 is 11.1 Å². The molecule has 0 unspecified atom stereocenters. The van der Waals surface area contributed by atoms with Crippen molar-refractivity contribution >= 4 is 5.96 Å². The van der Waals surface area contributed by atoms with Gasteiger partial charge in [-0.3, -0.25) is 0 Å². The fraction of sp³-hybridized carbons (Fsp3) is 0.211. The maximum absolute atomic E-state index is 5.78. The van der Waals surface area contributed by atoms with Gasteiger partial charge in [-0.1, -0.05) is 66.7 Å². The van der Waals surface area contributed by atoms with Gasteiger partial charge in [0.1, 0.15) is 0 Å². The number of nitrogens with two attached hydrogens (primary N) is 1. The first kappa shape index (κ1) is 15.8. The predicted molar refractivity (Wildman–Crippen MR) is 94.9 cm³/mol. The third-order valence-electron chi connectivity index (χ3n) is 3.30. The summed E-state index contributed by atoms with van der Waals surface area (Å²) in [5.41, 5.74) is 10.5. The van der Waals surface area contributed by atoms with E-state index in [0.717, 1.165) is 18.5 Å². The molecular weight excluding hydrogens is 270 g/mol. The van der Waals surface area contributed by atoms with Gasteiger partial charge in [0.2, 0.25) is 0 Å². The summed E-state index contributed by atoms with van der Waals surface area (Å²) in [7, 11) is 0. The molecule has 0 spiro atoms. The van der Waals surface area contributed by atoms with Crippen LogP contribution >= 0.6 is 0 Å². The number of nitrogens with zero attached hydrogens (tertiary/aromatic N) is 1. The maximum atomic E-state index is 5.78. The highest BCUT2D eigenvalue weighted by atomic mass is 15.1. The van der Waals surface area contributed by atoms with Crippen molar-refractivity contribution < 1.29 is 0 Å². The number of hydrogen-bond donors (Lipinski definition) is 2. The molecule has 3 heteroatoms. The Morgan fingerprint density at radius 1 is 1.05 bits per heavy atom. The summed E-state index contributed by atoms with van der Waals surface area (Å²) in [5, 5.41) is 3.12. The largest absolute Gasteiger partial charge is 0.370 e. The minimum Gasteiger partial charge on any atom is -0.370 e. The van der Waals surface area contributed by atoms with E-state index in [-0.39, 0.29) is 0 Å². The van der Waals surface area contributed by atoms with E-state index in [4.69, 9.17) is 5.73 Å². The quantitative estimate of drug-likeness (QED) is 0.487. The van der Waals surface area contributed by atoms with Crippen LogP contribution in [0.1, 0.15) is 12.5 Å². The lowest BCUT2D eigenvalue weighted by atomic mass is 10.0. The van der Waals surface area contributed by atoms with Crippen molar-refractivity contribution in [2.45, 2.75) is 13.3 Å². The molecule has 3 nitrogen and oxygen atoms in total. The summed E-state index contributed by atoms with van der Waals surface area (Å²) in [6, 6.07) is 19.0. The minimum absolute atomic E-state index is 0.476. The summed E-state index contributed by atoms with van der Waals surface area (Å²) >= 11 is 0. The second-order valence-electron chi connectivity index (χ2n) is 5.40. The van der Waals surface area contributed by atoms with Crippen LogP contribution in [0.25, 0.3) is 11.1 Å². The van der Waals surface area contributed by atoms with Crippen LogP contribution in [-0.4, -0.2) is 19.0 Å². The summed E-state index contributed by atoms with van der Waals surface area (Å²) in [4.78, 5) is 4.19. The van der Waals surface area contributed by atoms with E-state index >= 15 is 0 Å². The van der Waals surface area contributed by atoms with Crippen molar-refractivity contribution in [1.29, 1.82) is 0 Å². The SMILES string of the molecule is C=C(C)CN=C(N)NCCc1ccc(-c2ccccc2)cc1. The zero-order valence-electron chi connectivity index (χ0n) is 13.0. The van der Waals surface area contributed by atoms with Gasteiger partial charge >= 0.3 is 0 Å². The fourth-order valence-corrected chi connectivity index (χ4v) is 2.11. The predicted octanol–water partition coefficient (Wildman–Crippen LogP) is 3.38. The third-order valence-corrected chi connectivity index (χ3v) is 3.30. The molecule has 0 radical (unpaired) electrons. The van der Waals surface area contributed by atoms with Crippen LogP contribution in [0.2, 0.25) is 0 Å². The van der Waals surface area contributed by atoms with Crippen LogP contribution in [0.15, 0.2) is 71.7 Å². The number of guanidine groups is 1. The summed E-state index contributed by atoms with van der Waals surface area (Å²) in [5.74, 6) is 0.476. The highest BCUT2D eigenvalue weighted by molar-refractivity contribution is 5.77. The lowest BCUT2D eigenvalue weighted by Crippen LogP contribution is -2.33. The molecule has 0 atom stereocenters. The monoisotopic (exact) mass is 293 g/mol. The van der Waals surface area contributed by atoms with Crippen molar-refractivity contribution in [3.8, 4) is 11.1 Å². The number of benzene rings is 2. The Hall–Kier alpha value is -2.55. The van der Waals surface area contributed by atoms with Gasteiger partial charge in [0.15, 0.2) is 5.96 Å². The molecule has 0 aromatic heterocycles. The van der Waals surface area contributed by atoms with Crippen molar-refractivity contribution in [3.63, 3.8) is 0 Å². The van der Waals surface area contributed by atoms with Crippen LogP contribution < -0.4 is 11.1 Å². The first-order valence-corrected chi connectivity index (χ1v) is 7.47. The second kappa shape index (κ2) is 8.03. The van der Waals surface area contributed by atoms with E-state index < -0.39 is 0 Å². The zero-order chi connectivity index (χ0) is 15.8. The first-order valence-electron chi connectivity index (χ1n) is 7.47. The smallest absolute Gasteiger partial charge is 0.188 e. The molecule has 2 aromatic rings. The molecule has 0 saturated carbocycles. The Bertz CT molecular complexity index is 627. The average molecular weight is 293 g/mol. The van der Waals surface area contributed by atoms with Crippen LogP contribution in [0.4, 0.5) is 0 Å². The fourth-order valence-electron chi connectivity index (χ4n) is 2.11. The van der Waals surface area contributed by atoms with Crippen LogP contribution in [-0.2, 0) is 6.42 Å². The molecule has 0 aliphatic heterocycles. The summed E-state index contributed by atoms with van der Waals surface area (Å²) in [6.45, 7) is 7.08. The normalized spacial score (nSPS) is 11.2. The van der Waals surface area contributed by atoms with E-state index in [9.17, 15) is 0 Å². The lowest BCUT2D eigenvalue weighted by molar-refractivity contribution is 0.852. The number of aliphatic imine (C=N–C) groups is 1. The number of nitrogens with one attached hydrogen (secondary N) is 1. The molecule has 0 aliphatic rings. The van der Waals surface area contributed by atoms with E-state index in [0.29, 0.717) is 12.5 Å². The van der Waals surface area contributed by atoms with E-state index in [1.807, 2.05) is 13.0 Å². The molecule has 2 aromatic carbocycles. The lowest BCUT2D eigenvalue weighted by Gasteiger charge is -2.07. The molecule has 0 aliphatic carbocycles. The molecule has 3 N–H and O–H groups in total. The van der Waals surface area contributed by atoms with Crippen LogP contribution in [0, 0.1) is 0 Å². The Labute approximate surface area is 132 Å². The average Bonchev–Trinajstić information content (AvgIpc) is 2.54. The van der Waals surface area contributed by atoms with Crippen LogP contribution in [0.3, 0.4) is 0 Å². The highest BCUT2D eigenvalue weighted by Gasteiger charge is 1.98. The summed E-state index contributed by atoms with van der Waals surface area (Å²) in [6.07, 6.45) is 0.915. The van der Waals surface area contributed by atoms with Gasteiger partial charge in [0.05, 0.1) is 6.54 Å². The van der Waals surface area contributed by atoms with Crippen molar-refractivity contribution in [2.75, 3.05) is 13.1 Å². The highest BCUT2D eigenvalue weighted by Crippen LogP contribution is 2.19. The minimum atomic E-state index is 0.476. The van der Waals surface area contributed by atoms with E-state index in [1.54, 1.807) is 0 Å². The topological polar surface area (TPSA) is 50.4 Å². The Kier molecular flexibility index (Phi) is 5.78. The standard InChI is InChI=1S/C19H23N3/c1-15(2)14-22-19(20)21-13-12-16-8-10-18(11-9-16)17-6-4-3-5-7-17/h3-11H,1,12-14H2,2H3,(H3,20,21,22). The molecule has 0 bridgehead atoms. The molecule has 0 fully saturated rings. The Balaban J connectivity index is 1.84. The van der Waals surface area contributed by atoms with Crippen molar-refractivity contribution in [3.05, 3.63) is 72.3 Å². The van der Waals surface area contributed by atoms with Crippen molar-refractivity contribution in [2.24, 2.45) is 10.7 Å². The van der Waals surface area contributed by atoms with E-state index in [2.05, 4.69) is 65.4 Å². The van der Waals surface area contributed by atoms with Gasteiger partial charge in [0.25, 0.3) is 0 Å². The molecular formula is C19H23N3. The van der Waals surface area contributed by atoms with Gasteiger partial charge in [-0.15, -0.1) is 0 Å². The van der Waals surface area contributed by atoms with Gasteiger partial charge in [-0.05, 0) is 30.0 Å². The third kappa shape index (κ3) is 5.09. The first-order chi connectivity index (χ1) is 10.6. The molecule has 22 heavy (non-hydrogen) atoms. The Morgan fingerprint density at radius 2 is 1.68 bits per heavy atom. The number of hydrogen-bond acceptors (Lipinski definition) is 1. The summed E-state index contributed by atoms with van der Waals surface area (Å²) < 4.78 is 0. The maximum Gasteiger partial charge on any atom is 0.188 e. The zero-order valence-corrected chi connectivity index (χ0v) is 13.0. The molecule has 0 heterocycles. The van der Waals surface area contributed by atoms with Gasteiger partial charge in [-0.25, -0.2) is 4.99 Å². The Morgan fingerprint density at radius 3 is 2.32 bits per heavy atom. The van der Waals surface area contributed by atoms with Crippen LogP contribution in [0.5, 0.6) is 0 Å². The second-order valence-corrected chi connectivity index (χ2v) is 5.40. The molecule has 0 amide bonds. The van der Waals surface area contributed by atoms with E-state index in [1.165, 1.54) is 16.7 Å². The molecule has 0 saturated heterocycles. The number of rotatable bonds is 6. The molecule has 114 valence electrons. The van der Waals surface area contributed by atoms with Gasteiger partial charge in [0, 0.05) is 6.54 Å². The van der Waals surface area contributed by atoms with Gasteiger partial charge in [-0.2, -0.15) is 0 Å². The van der Waals surface area contributed by atoms with Crippen molar-refractivity contribution in [1.82, 2.24) is 5.32 Å². The molecule has 2 rings (SSSR count).